The molecule has 16 heavy (non-hydrogen) atoms. The molecule has 1 aliphatic heterocycles. The standard InChI is InChI=1S/C12H19N3O/c1-9-11(14-8-15-12(9)16-2)7-10-3-5-13-6-4-10/h8,10,13H,3-7H2,1-2H3. The highest BCUT2D eigenvalue weighted by Crippen LogP contribution is 2.22. The Hall–Kier alpha value is -1.16. The average molecular weight is 221 g/mol. The smallest absolute Gasteiger partial charge is 0.219 e. The fourth-order valence-corrected chi connectivity index (χ4v) is 2.24. The Labute approximate surface area is 96.4 Å². The molecule has 1 N–H and O–H groups in total. The third-order valence-electron chi connectivity index (χ3n) is 3.28. The van der Waals surface area contributed by atoms with Gasteiger partial charge in [0.1, 0.15) is 6.33 Å². The number of nitrogens with zero attached hydrogens (tertiary/aromatic N) is 2. The largest absolute Gasteiger partial charge is 0.481 e. The summed E-state index contributed by atoms with van der Waals surface area (Å²) in [7, 11) is 1.66. The molecule has 0 aliphatic carbocycles. The maximum Gasteiger partial charge on any atom is 0.219 e. The number of rotatable bonds is 3. The summed E-state index contributed by atoms with van der Waals surface area (Å²) in [5, 5.41) is 3.38. The van der Waals surface area contributed by atoms with Crippen LogP contribution in [-0.4, -0.2) is 30.2 Å². The number of nitrogens with one attached hydrogen (secondary N) is 1. The summed E-state index contributed by atoms with van der Waals surface area (Å²) >= 11 is 0. The van der Waals surface area contributed by atoms with Crippen LogP contribution < -0.4 is 10.1 Å². The van der Waals surface area contributed by atoms with Crippen LogP contribution in [-0.2, 0) is 6.42 Å². The van der Waals surface area contributed by atoms with Gasteiger partial charge in [-0.3, -0.25) is 0 Å². The Kier molecular flexibility index (Phi) is 3.72. The zero-order valence-corrected chi connectivity index (χ0v) is 9.99. The predicted molar refractivity (Wildman–Crippen MR) is 62.6 cm³/mol. The minimum atomic E-state index is 0.707. The van der Waals surface area contributed by atoms with Gasteiger partial charge in [0.2, 0.25) is 5.88 Å². The Bertz CT molecular complexity index is 348. The molecule has 0 radical (unpaired) electrons. The van der Waals surface area contributed by atoms with Gasteiger partial charge >= 0.3 is 0 Å². The van der Waals surface area contributed by atoms with Crippen molar-refractivity contribution in [2.45, 2.75) is 26.2 Å². The lowest BCUT2D eigenvalue weighted by atomic mass is 9.92. The molecule has 2 rings (SSSR count). The summed E-state index contributed by atoms with van der Waals surface area (Å²) in [5.41, 5.74) is 2.22. The van der Waals surface area contributed by atoms with Crippen LogP contribution in [0, 0.1) is 12.8 Å². The van der Waals surface area contributed by atoms with E-state index in [1.807, 2.05) is 6.92 Å². The van der Waals surface area contributed by atoms with Crippen LogP contribution in [0.15, 0.2) is 6.33 Å². The van der Waals surface area contributed by atoms with Crippen molar-refractivity contribution >= 4 is 0 Å². The van der Waals surface area contributed by atoms with Gasteiger partial charge in [0, 0.05) is 5.56 Å². The van der Waals surface area contributed by atoms with E-state index in [1.54, 1.807) is 13.4 Å². The van der Waals surface area contributed by atoms with E-state index in [9.17, 15) is 0 Å². The van der Waals surface area contributed by atoms with Gasteiger partial charge in [-0.15, -0.1) is 0 Å². The molecule has 1 fully saturated rings. The summed E-state index contributed by atoms with van der Waals surface area (Å²) in [5.74, 6) is 1.46. The monoisotopic (exact) mass is 221 g/mol. The normalized spacial score (nSPS) is 17.4. The zero-order valence-electron chi connectivity index (χ0n) is 9.99. The van der Waals surface area contributed by atoms with Crippen molar-refractivity contribution < 1.29 is 4.74 Å². The fraction of sp³-hybridized carbons (Fsp3) is 0.667. The van der Waals surface area contributed by atoms with E-state index in [2.05, 4.69) is 15.3 Å². The van der Waals surface area contributed by atoms with Crippen LogP contribution in [0.2, 0.25) is 0 Å². The molecule has 0 amide bonds. The van der Waals surface area contributed by atoms with Gasteiger partial charge < -0.3 is 10.1 Å². The van der Waals surface area contributed by atoms with E-state index >= 15 is 0 Å². The van der Waals surface area contributed by atoms with Crippen LogP contribution in [0.1, 0.15) is 24.1 Å². The Morgan fingerprint density at radius 1 is 1.38 bits per heavy atom. The molecular weight excluding hydrogens is 202 g/mol. The minimum absolute atomic E-state index is 0.707. The molecule has 0 atom stereocenters. The fourth-order valence-electron chi connectivity index (χ4n) is 2.24. The first-order chi connectivity index (χ1) is 7.81. The van der Waals surface area contributed by atoms with Crippen LogP contribution in [0.4, 0.5) is 0 Å². The number of ether oxygens (including phenoxy) is 1. The van der Waals surface area contributed by atoms with Crippen LogP contribution >= 0.6 is 0 Å². The number of hydrogen-bond acceptors (Lipinski definition) is 4. The van der Waals surface area contributed by atoms with E-state index in [0.717, 1.165) is 36.7 Å². The van der Waals surface area contributed by atoms with Gasteiger partial charge in [-0.25, -0.2) is 9.97 Å². The molecular formula is C12H19N3O. The van der Waals surface area contributed by atoms with Crippen molar-refractivity contribution in [2.24, 2.45) is 5.92 Å². The number of hydrogen-bond donors (Lipinski definition) is 1. The molecule has 0 aromatic carbocycles. The molecule has 0 unspecified atom stereocenters. The maximum absolute atomic E-state index is 5.21. The number of methoxy groups -OCH3 is 1. The van der Waals surface area contributed by atoms with E-state index in [0.29, 0.717) is 5.88 Å². The Morgan fingerprint density at radius 3 is 2.81 bits per heavy atom. The predicted octanol–water partition coefficient (Wildman–Crippen LogP) is 1.34. The SMILES string of the molecule is COc1ncnc(CC2CCNCC2)c1C. The molecule has 4 heteroatoms. The number of piperidine rings is 1. The van der Waals surface area contributed by atoms with E-state index in [1.165, 1.54) is 12.8 Å². The van der Waals surface area contributed by atoms with Crippen molar-refractivity contribution in [3.63, 3.8) is 0 Å². The molecule has 1 saturated heterocycles. The van der Waals surface area contributed by atoms with E-state index in [-0.39, 0.29) is 0 Å². The summed E-state index contributed by atoms with van der Waals surface area (Å²) in [6, 6.07) is 0. The van der Waals surface area contributed by atoms with Gasteiger partial charge in [-0.05, 0) is 45.2 Å². The lowest BCUT2D eigenvalue weighted by Crippen LogP contribution is -2.29. The highest BCUT2D eigenvalue weighted by Gasteiger charge is 2.16. The quantitative estimate of drug-likeness (QED) is 0.836. The molecule has 0 saturated carbocycles. The summed E-state index contributed by atoms with van der Waals surface area (Å²) < 4.78 is 5.21. The molecule has 2 heterocycles. The summed E-state index contributed by atoms with van der Waals surface area (Å²) in [6.07, 6.45) is 5.13. The van der Waals surface area contributed by atoms with E-state index < -0.39 is 0 Å². The minimum Gasteiger partial charge on any atom is -0.481 e. The average Bonchev–Trinajstić information content (AvgIpc) is 2.33. The van der Waals surface area contributed by atoms with Crippen molar-refractivity contribution in [3.05, 3.63) is 17.6 Å². The van der Waals surface area contributed by atoms with Gasteiger partial charge in [0.05, 0.1) is 12.8 Å². The maximum atomic E-state index is 5.21. The first kappa shape index (κ1) is 11.3. The van der Waals surface area contributed by atoms with Gasteiger partial charge in [0.15, 0.2) is 0 Å². The Balaban J connectivity index is 2.08. The highest BCUT2D eigenvalue weighted by molar-refractivity contribution is 5.28. The van der Waals surface area contributed by atoms with Crippen LogP contribution in [0.5, 0.6) is 5.88 Å². The zero-order chi connectivity index (χ0) is 11.4. The highest BCUT2D eigenvalue weighted by atomic mass is 16.5. The number of aromatic nitrogens is 2. The van der Waals surface area contributed by atoms with Crippen LogP contribution in [0.3, 0.4) is 0 Å². The van der Waals surface area contributed by atoms with Crippen molar-refractivity contribution in [2.75, 3.05) is 20.2 Å². The van der Waals surface area contributed by atoms with E-state index in [4.69, 9.17) is 4.74 Å². The lowest BCUT2D eigenvalue weighted by Gasteiger charge is -2.22. The molecule has 1 aromatic rings. The first-order valence-corrected chi connectivity index (χ1v) is 5.86. The van der Waals surface area contributed by atoms with Crippen molar-refractivity contribution in [3.8, 4) is 5.88 Å². The van der Waals surface area contributed by atoms with Gasteiger partial charge in [-0.2, -0.15) is 0 Å². The van der Waals surface area contributed by atoms with Crippen LogP contribution in [0.25, 0.3) is 0 Å². The topological polar surface area (TPSA) is 47.0 Å². The van der Waals surface area contributed by atoms with Gasteiger partial charge in [0.25, 0.3) is 0 Å². The molecule has 1 aliphatic rings. The lowest BCUT2D eigenvalue weighted by molar-refractivity contribution is 0.365. The van der Waals surface area contributed by atoms with Gasteiger partial charge in [-0.1, -0.05) is 0 Å². The molecule has 0 bridgehead atoms. The van der Waals surface area contributed by atoms with Crippen molar-refractivity contribution in [1.29, 1.82) is 0 Å². The molecule has 1 aromatic heterocycles. The van der Waals surface area contributed by atoms with Crippen molar-refractivity contribution in [1.82, 2.24) is 15.3 Å². The third-order valence-corrected chi connectivity index (χ3v) is 3.28. The molecule has 0 spiro atoms. The summed E-state index contributed by atoms with van der Waals surface area (Å²) in [6.45, 7) is 4.30. The summed E-state index contributed by atoms with van der Waals surface area (Å²) in [4.78, 5) is 8.47. The third kappa shape index (κ3) is 2.50. The first-order valence-electron chi connectivity index (χ1n) is 5.86. The molecule has 4 nitrogen and oxygen atoms in total. The second-order valence-electron chi connectivity index (χ2n) is 4.35. The second-order valence-corrected chi connectivity index (χ2v) is 4.35. The second kappa shape index (κ2) is 5.25. The Morgan fingerprint density at radius 2 is 2.12 bits per heavy atom. The molecule has 88 valence electrons.